The summed E-state index contributed by atoms with van der Waals surface area (Å²) >= 11 is 11.7. The van der Waals surface area contributed by atoms with Crippen molar-refractivity contribution in [1.82, 2.24) is 15.0 Å². The molecule has 0 amide bonds. The van der Waals surface area contributed by atoms with Crippen molar-refractivity contribution in [2.45, 2.75) is 12.8 Å². The van der Waals surface area contributed by atoms with Crippen LogP contribution in [0.4, 0.5) is 10.3 Å². The molecule has 1 fully saturated rings. The summed E-state index contributed by atoms with van der Waals surface area (Å²) in [5.41, 5.74) is 0.263. The van der Waals surface area contributed by atoms with E-state index in [1.54, 1.807) is 6.07 Å². The van der Waals surface area contributed by atoms with Gasteiger partial charge in [0.25, 0.3) is 0 Å². The van der Waals surface area contributed by atoms with Crippen molar-refractivity contribution in [2.75, 3.05) is 18.0 Å². The summed E-state index contributed by atoms with van der Waals surface area (Å²) in [6.07, 6.45) is 2.18. The second-order valence-electron chi connectivity index (χ2n) is 4.55. The van der Waals surface area contributed by atoms with Gasteiger partial charge in [-0.3, -0.25) is 0 Å². The largest absolute Gasteiger partial charge is 0.341 e. The molecule has 0 saturated carbocycles. The number of aromatic nitrogens is 3. The molecule has 2 heterocycles. The zero-order valence-electron chi connectivity index (χ0n) is 10.5. The van der Waals surface area contributed by atoms with Gasteiger partial charge < -0.3 is 4.90 Å². The minimum absolute atomic E-state index is 0.0613. The van der Waals surface area contributed by atoms with Crippen LogP contribution in [0.3, 0.4) is 0 Å². The lowest BCUT2D eigenvalue weighted by molar-refractivity contribution is 0.630. The third-order valence-corrected chi connectivity index (χ3v) is 3.56. The van der Waals surface area contributed by atoms with Crippen LogP contribution >= 0.6 is 23.2 Å². The van der Waals surface area contributed by atoms with Crippen molar-refractivity contribution >= 4 is 29.2 Å². The first-order valence-electron chi connectivity index (χ1n) is 6.25. The van der Waals surface area contributed by atoms with E-state index < -0.39 is 5.82 Å². The number of nitrogens with zero attached hydrogens (tertiary/aromatic N) is 4. The maximum atomic E-state index is 13.9. The molecule has 1 aromatic carbocycles. The van der Waals surface area contributed by atoms with E-state index in [0.29, 0.717) is 11.0 Å². The van der Waals surface area contributed by atoms with Crippen molar-refractivity contribution in [3.8, 4) is 11.4 Å². The highest BCUT2D eigenvalue weighted by Gasteiger charge is 2.18. The second kappa shape index (κ2) is 5.50. The lowest BCUT2D eigenvalue weighted by Gasteiger charge is -2.15. The Bertz CT molecular complexity index is 644. The highest BCUT2D eigenvalue weighted by molar-refractivity contribution is 6.30. The summed E-state index contributed by atoms with van der Waals surface area (Å²) < 4.78 is 13.9. The van der Waals surface area contributed by atoms with Gasteiger partial charge in [0.05, 0.1) is 5.56 Å². The average molecular weight is 313 g/mol. The molecule has 20 heavy (non-hydrogen) atoms. The number of hydrogen-bond donors (Lipinski definition) is 0. The highest BCUT2D eigenvalue weighted by atomic mass is 35.5. The van der Waals surface area contributed by atoms with Gasteiger partial charge in [0.1, 0.15) is 5.82 Å². The van der Waals surface area contributed by atoms with E-state index >= 15 is 0 Å². The lowest BCUT2D eigenvalue weighted by atomic mass is 10.2. The monoisotopic (exact) mass is 312 g/mol. The Morgan fingerprint density at radius 2 is 1.80 bits per heavy atom. The average Bonchev–Trinajstić information content (AvgIpc) is 2.91. The van der Waals surface area contributed by atoms with Crippen LogP contribution in [-0.2, 0) is 0 Å². The summed E-state index contributed by atoms with van der Waals surface area (Å²) in [7, 11) is 0. The smallest absolute Gasteiger partial charge is 0.230 e. The summed E-state index contributed by atoms with van der Waals surface area (Å²) in [5.74, 6) is 0.236. The fraction of sp³-hybridized carbons (Fsp3) is 0.308. The van der Waals surface area contributed by atoms with Gasteiger partial charge in [0.15, 0.2) is 5.82 Å². The predicted molar refractivity (Wildman–Crippen MR) is 76.7 cm³/mol. The van der Waals surface area contributed by atoms with Gasteiger partial charge >= 0.3 is 0 Å². The Balaban J connectivity index is 2.04. The molecule has 0 bridgehead atoms. The number of rotatable bonds is 2. The predicted octanol–water partition coefficient (Wildman–Crippen LogP) is 3.58. The third-order valence-electron chi connectivity index (χ3n) is 3.16. The molecular formula is C13H11Cl2FN4. The topological polar surface area (TPSA) is 41.9 Å². The van der Waals surface area contributed by atoms with E-state index in [2.05, 4.69) is 15.0 Å². The standard InChI is InChI=1S/C13H11Cl2FN4/c14-8-3-4-9(10(16)7-8)11-17-12(15)19-13(18-11)20-5-1-2-6-20/h3-4,7H,1-2,5-6H2. The summed E-state index contributed by atoms with van der Waals surface area (Å²) in [6.45, 7) is 1.76. The molecule has 0 radical (unpaired) electrons. The van der Waals surface area contributed by atoms with Gasteiger partial charge in [-0.15, -0.1) is 0 Å². The normalized spacial score (nSPS) is 14.8. The van der Waals surface area contributed by atoms with Crippen molar-refractivity contribution in [1.29, 1.82) is 0 Å². The molecule has 1 aromatic heterocycles. The minimum atomic E-state index is -0.480. The molecule has 0 unspecified atom stereocenters. The molecule has 7 heteroatoms. The van der Waals surface area contributed by atoms with Gasteiger partial charge in [0, 0.05) is 18.1 Å². The molecule has 2 aromatic rings. The number of benzene rings is 1. The fourth-order valence-electron chi connectivity index (χ4n) is 2.19. The van der Waals surface area contributed by atoms with E-state index in [0.717, 1.165) is 25.9 Å². The quantitative estimate of drug-likeness (QED) is 0.850. The molecule has 0 aliphatic carbocycles. The minimum Gasteiger partial charge on any atom is -0.341 e. The second-order valence-corrected chi connectivity index (χ2v) is 5.32. The summed E-state index contributed by atoms with van der Waals surface area (Å²) in [5, 5.41) is 0.386. The van der Waals surface area contributed by atoms with Crippen LogP contribution in [0.5, 0.6) is 0 Å². The molecule has 1 saturated heterocycles. The number of anilines is 1. The first-order chi connectivity index (χ1) is 9.63. The molecule has 1 aliphatic rings. The molecule has 1 aliphatic heterocycles. The Kier molecular flexibility index (Phi) is 3.72. The maximum Gasteiger partial charge on any atom is 0.230 e. The van der Waals surface area contributed by atoms with E-state index in [1.165, 1.54) is 12.1 Å². The van der Waals surface area contributed by atoms with Crippen molar-refractivity contribution in [3.63, 3.8) is 0 Å². The Labute approximate surface area is 125 Å². The van der Waals surface area contributed by atoms with E-state index in [4.69, 9.17) is 23.2 Å². The molecule has 3 rings (SSSR count). The molecule has 0 atom stereocenters. The van der Waals surface area contributed by atoms with Crippen LogP contribution in [-0.4, -0.2) is 28.0 Å². The van der Waals surface area contributed by atoms with Crippen LogP contribution in [0.1, 0.15) is 12.8 Å². The molecule has 0 spiro atoms. The van der Waals surface area contributed by atoms with Gasteiger partial charge in [0.2, 0.25) is 11.2 Å². The van der Waals surface area contributed by atoms with E-state index in [-0.39, 0.29) is 16.7 Å². The van der Waals surface area contributed by atoms with Crippen LogP contribution < -0.4 is 4.90 Å². The fourth-order valence-corrected chi connectivity index (χ4v) is 2.50. The SMILES string of the molecule is Fc1cc(Cl)ccc1-c1nc(Cl)nc(N2CCCC2)n1. The maximum absolute atomic E-state index is 13.9. The Morgan fingerprint density at radius 1 is 1.05 bits per heavy atom. The van der Waals surface area contributed by atoms with Gasteiger partial charge in [-0.2, -0.15) is 15.0 Å². The van der Waals surface area contributed by atoms with Crippen LogP contribution in [0.25, 0.3) is 11.4 Å². The van der Waals surface area contributed by atoms with Gasteiger partial charge in [-0.1, -0.05) is 11.6 Å². The van der Waals surface area contributed by atoms with Crippen molar-refractivity contribution in [3.05, 3.63) is 34.3 Å². The van der Waals surface area contributed by atoms with Crippen LogP contribution in [0.15, 0.2) is 18.2 Å². The van der Waals surface area contributed by atoms with Crippen LogP contribution in [0, 0.1) is 5.82 Å². The van der Waals surface area contributed by atoms with E-state index in [1.807, 2.05) is 4.90 Å². The molecule has 104 valence electrons. The first-order valence-corrected chi connectivity index (χ1v) is 7.01. The van der Waals surface area contributed by atoms with Gasteiger partial charge in [-0.25, -0.2) is 4.39 Å². The third kappa shape index (κ3) is 2.69. The Hall–Kier alpha value is -1.46. The summed E-state index contributed by atoms with van der Waals surface area (Å²) in [6, 6.07) is 4.36. The zero-order chi connectivity index (χ0) is 14.1. The lowest BCUT2D eigenvalue weighted by Crippen LogP contribution is -2.21. The molecule has 0 N–H and O–H groups in total. The number of hydrogen-bond acceptors (Lipinski definition) is 4. The van der Waals surface area contributed by atoms with Crippen molar-refractivity contribution in [2.24, 2.45) is 0 Å². The highest BCUT2D eigenvalue weighted by Crippen LogP contribution is 2.25. The molecular weight excluding hydrogens is 302 g/mol. The zero-order valence-corrected chi connectivity index (χ0v) is 12.0. The van der Waals surface area contributed by atoms with Crippen molar-refractivity contribution < 1.29 is 4.39 Å². The Morgan fingerprint density at radius 3 is 2.50 bits per heavy atom. The van der Waals surface area contributed by atoms with Gasteiger partial charge in [-0.05, 0) is 42.6 Å². The summed E-state index contributed by atoms with van der Waals surface area (Å²) in [4.78, 5) is 14.4. The van der Waals surface area contributed by atoms with E-state index in [9.17, 15) is 4.39 Å². The number of halogens is 3. The molecule has 4 nitrogen and oxygen atoms in total. The first kappa shape index (κ1) is 13.5. The van der Waals surface area contributed by atoms with Crippen LogP contribution in [0.2, 0.25) is 10.3 Å².